The van der Waals surface area contributed by atoms with Gasteiger partial charge in [-0.15, -0.1) is 11.3 Å². The quantitative estimate of drug-likeness (QED) is 0.477. The maximum absolute atomic E-state index is 4.15. The molecule has 0 saturated heterocycles. The number of hydrogen-bond acceptors (Lipinski definition) is 5. The van der Waals surface area contributed by atoms with Crippen LogP contribution in [0, 0.1) is 0 Å². The second-order valence-corrected chi connectivity index (χ2v) is 7.48. The Morgan fingerprint density at radius 3 is 3.04 bits per heavy atom. The van der Waals surface area contributed by atoms with E-state index in [0.717, 1.165) is 19.5 Å². The molecule has 2 aromatic heterocycles. The van der Waals surface area contributed by atoms with E-state index in [2.05, 4.69) is 63.7 Å². The number of nitrogens with one attached hydrogen (secondary N) is 2. The Labute approximate surface area is 145 Å². The maximum atomic E-state index is 4.15. The summed E-state index contributed by atoms with van der Waals surface area (Å²) >= 11 is 3.52. The molecule has 3 aromatic rings. The molecule has 0 saturated carbocycles. The van der Waals surface area contributed by atoms with Crippen LogP contribution in [-0.2, 0) is 6.42 Å². The second kappa shape index (κ2) is 8.45. The van der Waals surface area contributed by atoms with Gasteiger partial charge in [0.2, 0.25) is 0 Å². The van der Waals surface area contributed by atoms with Gasteiger partial charge >= 0.3 is 0 Å². The second-order valence-electron chi connectivity index (χ2n) is 5.54. The zero-order valence-electron chi connectivity index (χ0n) is 13.2. The Morgan fingerprint density at radius 1 is 1.22 bits per heavy atom. The van der Waals surface area contributed by atoms with Crippen molar-refractivity contribution in [3.8, 4) is 0 Å². The van der Waals surface area contributed by atoms with Crippen molar-refractivity contribution >= 4 is 34.1 Å². The van der Waals surface area contributed by atoms with Gasteiger partial charge in [0.15, 0.2) is 0 Å². The Kier molecular flexibility index (Phi) is 6.05. The third-order valence-corrected chi connectivity index (χ3v) is 5.51. The maximum Gasteiger partial charge on any atom is 0.0346 e. The molecule has 3 nitrogen and oxygen atoms in total. The van der Waals surface area contributed by atoms with Gasteiger partial charge in [-0.1, -0.05) is 12.1 Å². The van der Waals surface area contributed by atoms with Crippen LogP contribution in [0.2, 0.25) is 0 Å². The summed E-state index contributed by atoms with van der Waals surface area (Å²) in [5.41, 5.74) is 0. The molecule has 0 unspecified atom stereocenters. The van der Waals surface area contributed by atoms with Crippen molar-refractivity contribution in [1.82, 2.24) is 15.0 Å². The number of nitrogens with zero attached hydrogens (tertiary/aromatic N) is 1. The average molecular weight is 344 g/mol. The largest absolute Gasteiger partial charge is 0.315 e. The number of thiophene rings is 1. The average Bonchev–Trinajstić information content (AvgIpc) is 3.10. The standard InChI is InChI=1S/C18H21N3S2/c1-14(12-19-9-7-17-3-2-10-22-17)21-23-18-5-4-16-13-20-8-6-15(16)11-18/h2-6,8,10-11,13-14,19,21H,7,9,12H2,1H3/t14-/m1/s1. The molecule has 3 rings (SSSR count). The summed E-state index contributed by atoms with van der Waals surface area (Å²) in [4.78, 5) is 6.82. The Balaban J connectivity index is 1.40. The summed E-state index contributed by atoms with van der Waals surface area (Å²) in [6.45, 7) is 4.20. The molecule has 0 spiro atoms. The lowest BCUT2D eigenvalue weighted by molar-refractivity contribution is 0.587. The van der Waals surface area contributed by atoms with Gasteiger partial charge in [-0.2, -0.15) is 0 Å². The van der Waals surface area contributed by atoms with Gasteiger partial charge in [-0.3, -0.25) is 9.71 Å². The predicted octanol–water partition coefficient (Wildman–Crippen LogP) is 4.11. The van der Waals surface area contributed by atoms with Crippen molar-refractivity contribution in [1.29, 1.82) is 0 Å². The highest BCUT2D eigenvalue weighted by Gasteiger charge is 2.03. The molecular weight excluding hydrogens is 322 g/mol. The molecule has 1 atom stereocenters. The molecule has 0 amide bonds. The minimum absolute atomic E-state index is 0.413. The van der Waals surface area contributed by atoms with E-state index in [1.54, 1.807) is 11.9 Å². The summed E-state index contributed by atoms with van der Waals surface area (Å²) < 4.78 is 3.50. The predicted molar refractivity (Wildman–Crippen MR) is 101 cm³/mol. The van der Waals surface area contributed by atoms with E-state index in [4.69, 9.17) is 0 Å². The molecule has 0 aliphatic rings. The summed E-state index contributed by atoms with van der Waals surface area (Å²) in [5, 5.41) is 8.06. The van der Waals surface area contributed by atoms with Crippen LogP contribution < -0.4 is 10.0 Å². The van der Waals surface area contributed by atoms with E-state index >= 15 is 0 Å². The Morgan fingerprint density at radius 2 is 2.17 bits per heavy atom. The molecule has 120 valence electrons. The molecule has 0 aliphatic heterocycles. The van der Waals surface area contributed by atoms with Crippen LogP contribution in [-0.4, -0.2) is 24.1 Å². The summed E-state index contributed by atoms with van der Waals surface area (Å²) in [6.07, 6.45) is 4.85. The van der Waals surface area contributed by atoms with Crippen LogP contribution in [0.5, 0.6) is 0 Å². The minimum atomic E-state index is 0.413. The highest BCUT2D eigenvalue weighted by molar-refractivity contribution is 7.97. The van der Waals surface area contributed by atoms with E-state index in [9.17, 15) is 0 Å². The molecule has 23 heavy (non-hydrogen) atoms. The van der Waals surface area contributed by atoms with E-state index in [1.807, 2.05) is 23.7 Å². The number of fused-ring (bicyclic) bond motifs is 1. The molecular formula is C18H21N3S2. The normalized spacial score (nSPS) is 12.6. The van der Waals surface area contributed by atoms with Crippen molar-refractivity contribution < 1.29 is 0 Å². The Bertz CT molecular complexity index is 728. The van der Waals surface area contributed by atoms with E-state index in [1.165, 1.54) is 20.5 Å². The van der Waals surface area contributed by atoms with Gasteiger partial charge in [0.25, 0.3) is 0 Å². The van der Waals surface area contributed by atoms with Crippen LogP contribution in [0.1, 0.15) is 11.8 Å². The molecule has 2 heterocycles. The molecule has 0 radical (unpaired) electrons. The molecule has 0 bridgehead atoms. The van der Waals surface area contributed by atoms with Gasteiger partial charge in [0.1, 0.15) is 0 Å². The fourth-order valence-electron chi connectivity index (χ4n) is 2.32. The van der Waals surface area contributed by atoms with E-state index < -0.39 is 0 Å². The van der Waals surface area contributed by atoms with Gasteiger partial charge < -0.3 is 5.32 Å². The minimum Gasteiger partial charge on any atom is -0.315 e. The van der Waals surface area contributed by atoms with Crippen LogP contribution in [0.3, 0.4) is 0 Å². The van der Waals surface area contributed by atoms with Crippen LogP contribution in [0.25, 0.3) is 10.8 Å². The molecule has 0 fully saturated rings. The van der Waals surface area contributed by atoms with Gasteiger partial charge in [0, 0.05) is 46.7 Å². The third-order valence-electron chi connectivity index (χ3n) is 3.57. The number of pyridine rings is 1. The van der Waals surface area contributed by atoms with Crippen LogP contribution in [0.15, 0.2) is 59.1 Å². The highest BCUT2D eigenvalue weighted by Crippen LogP contribution is 2.21. The topological polar surface area (TPSA) is 37.0 Å². The van der Waals surface area contributed by atoms with Crippen LogP contribution >= 0.6 is 23.3 Å². The summed E-state index contributed by atoms with van der Waals surface area (Å²) in [5.74, 6) is 0. The first kappa shape index (κ1) is 16.5. The fraction of sp³-hybridized carbons (Fsp3) is 0.278. The van der Waals surface area contributed by atoms with E-state index in [0.29, 0.717) is 6.04 Å². The van der Waals surface area contributed by atoms with Crippen molar-refractivity contribution in [3.05, 3.63) is 59.0 Å². The van der Waals surface area contributed by atoms with Crippen LogP contribution in [0.4, 0.5) is 0 Å². The van der Waals surface area contributed by atoms with Gasteiger partial charge in [-0.05, 0) is 60.3 Å². The zero-order chi connectivity index (χ0) is 15.9. The molecule has 5 heteroatoms. The van der Waals surface area contributed by atoms with Crippen molar-refractivity contribution in [3.63, 3.8) is 0 Å². The number of hydrogen-bond donors (Lipinski definition) is 2. The summed E-state index contributed by atoms with van der Waals surface area (Å²) in [7, 11) is 0. The van der Waals surface area contributed by atoms with Gasteiger partial charge in [0.05, 0.1) is 0 Å². The highest BCUT2D eigenvalue weighted by atomic mass is 32.2. The van der Waals surface area contributed by atoms with Crippen molar-refractivity contribution in [2.45, 2.75) is 24.3 Å². The SMILES string of the molecule is C[C@H](CNCCc1cccs1)NSc1ccc2cnccc2c1. The lowest BCUT2D eigenvalue weighted by atomic mass is 10.2. The third kappa shape index (κ3) is 5.04. The molecule has 0 aliphatic carbocycles. The number of rotatable bonds is 8. The number of aromatic nitrogens is 1. The molecule has 1 aromatic carbocycles. The first-order valence-electron chi connectivity index (χ1n) is 7.80. The summed E-state index contributed by atoms with van der Waals surface area (Å²) in [6, 6.07) is 13.2. The first-order valence-corrected chi connectivity index (χ1v) is 9.50. The lowest BCUT2D eigenvalue weighted by Gasteiger charge is -2.14. The monoisotopic (exact) mass is 343 g/mol. The lowest BCUT2D eigenvalue weighted by Crippen LogP contribution is -2.33. The molecule has 2 N–H and O–H groups in total. The van der Waals surface area contributed by atoms with Crippen molar-refractivity contribution in [2.75, 3.05) is 13.1 Å². The number of benzene rings is 1. The van der Waals surface area contributed by atoms with E-state index in [-0.39, 0.29) is 0 Å². The first-order chi connectivity index (χ1) is 11.3. The fourth-order valence-corrected chi connectivity index (χ4v) is 3.77. The van der Waals surface area contributed by atoms with Gasteiger partial charge in [-0.25, -0.2) is 0 Å². The smallest absolute Gasteiger partial charge is 0.0346 e. The Hall–Kier alpha value is -1.40. The zero-order valence-corrected chi connectivity index (χ0v) is 14.8. The van der Waals surface area contributed by atoms with Crippen molar-refractivity contribution in [2.24, 2.45) is 0 Å².